The number of carbonyl (C=O) groups is 2. The summed E-state index contributed by atoms with van der Waals surface area (Å²) in [5.41, 5.74) is 1.59. The maximum absolute atomic E-state index is 12.6. The molecule has 3 rings (SSSR count). The van der Waals surface area contributed by atoms with E-state index in [1.165, 1.54) is 4.90 Å². The van der Waals surface area contributed by atoms with Gasteiger partial charge in [0.05, 0.1) is 6.54 Å². The second kappa shape index (κ2) is 7.69. The monoisotopic (exact) mass is 360 g/mol. The Labute approximate surface area is 150 Å². The average molecular weight is 360 g/mol. The van der Waals surface area contributed by atoms with E-state index in [1.807, 2.05) is 23.3 Å². The van der Waals surface area contributed by atoms with E-state index < -0.39 is 5.91 Å². The number of thioether (sulfide) groups is 1. The fraction of sp³-hybridized carbons (Fsp3) is 0.412. The van der Waals surface area contributed by atoms with Crippen LogP contribution in [0, 0.1) is 6.92 Å². The number of hydrogen-bond acceptors (Lipinski definition) is 6. The molecule has 1 aromatic carbocycles. The second-order valence-electron chi connectivity index (χ2n) is 5.98. The molecule has 1 N–H and O–H groups in total. The fourth-order valence-corrected chi connectivity index (χ4v) is 2.92. The number of amides is 2. The molecule has 1 fully saturated rings. The first-order valence-electron chi connectivity index (χ1n) is 8.08. The molecule has 2 amide bonds. The van der Waals surface area contributed by atoms with Gasteiger partial charge in [0.15, 0.2) is 5.69 Å². The van der Waals surface area contributed by atoms with E-state index in [0.29, 0.717) is 12.2 Å². The van der Waals surface area contributed by atoms with Gasteiger partial charge >= 0.3 is 0 Å². The Kier molecular flexibility index (Phi) is 5.37. The lowest BCUT2D eigenvalue weighted by atomic mass is 10.2. The van der Waals surface area contributed by atoms with Crippen LogP contribution in [0.3, 0.4) is 0 Å². The molecule has 0 unspecified atom stereocenters. The number of hydrogen-bond donors (Lipinski definition) is 1. The molecule has 1 saturated carbocycles. The Morgan fingerprint density at radius 1 is 1.28 bits per heavy atom. The second-order valence-corrected chi connectivity index (χ2v) is 6.86. The van der Waals surface area contributed by atoms with Crippen LogP contribution in [0.15, 0.2) is 33.8 Å². The minimum absolute atomic E-state index is 0.0650. The lowest BCUT2D eigenvalue weighted by molar-refractivity contribution is -0.131. The number of benzene rings is 1. The third-order valence-electron chi connectivity index (χ3n) is 4.09. The molecule has 8 heteroatoms. The summed E-state index contributed by atoms with van der Waals surface area (Å²) in [5, 5.41) is 9.71. The fourth-order valence-electron chi connectivity index (χ4n) is 2.51. The standard InChI is InChI=1S/C17H20N4O3S/c1-11-16(20-24-19-11)17(23)18-9-15(22)21(13-5-6-13)10-12-3-7-14(25-2)8-4-12/h3-4,7-8,13H,5-6,9-10H2,1-2H3,(H,18,23). The molecule has 0 atom stereocenters. The van der Waals surface area contributed by atoms with Gasteiger partial charge in [0.25, 0.3) is 5.91 Å². The molecule has 7 nitrogen and oxygen atoms in total. The zero-order valence-corrected chi connectivity index (χ0v) is 15.0. The smallest absolute Gasteiger partial charge is 0.275 e. The molecular formula is C17H20N4O3S. The minimum atomic E-state index is -0.452. The van der Waals surface area contributed by atoms with Crippen LogP contribution in [0.2, 0.25) is 0 Å². The number of rotatable bonds is 7. The lowest BCUT2D eigenvalue weighted by Gasteiger charge is -2.23. The highest BCUT2D eigenvalue weighted by Crippen LogP contribution is 2.28. The first-order chi connectivity index (χ1) is 12.1. The van der Waals surface area contributed by atoms with E-state index in [9.17, 15) is 9.59 Å². The summed E-state index contributed by atoms with van der Waals surface area (Å²) in [4.78, 5) is 27.6. The number of carbonyl (C=O) groups excluding carboxylic acids is 2. The molecule has 0 spiro atoms. The molecule has 1 aliphatic carbocycles. The van der Waals surface area contributed by atoms with Crippen molar-refractivity contribution in [3.05, 3.63) is 41.2 Å². The van der Waals surface area contributed by atoms with Crippen LogP contribution in [-0.2, 0) is 11.3 Å². The zero-order valence-electron chi connectivity index (χ0n) is 14.2. The third kappa shape index (κ3) is 4.39. The highest BCUT2D eigenvalue weighted by atomic mass is 32.2. The van der Waals surface area contributed by atoms with Crippen molar-refractivity contribution >= 4 is 23.6 Å². The van der Waals surface area contributed by atoms with Crippen LogP contribution in [0.5, 0.6) is 0 Å². The Morgan fingerprint density at radius 2 is 2.00 bits per heavy atom. The van der Waals surface area contributed by atoms with E-state index in [2.05, 4.69) is 32.4 Å². The van der Waals surface area contributed by atoms with Crippen LogP contribution >= 0.6 is 11.8 Å². The highest BCUT2D eigenvalue weighted by molar-refractivity contribution is 7.98. The maximum Gasteiger partial charge on any atom is 0.275 e. The van der Waals surface area contributed by atoms with Crippen LogP contribution in [0.4, 0.5) is 0 Å². The highest BCUT2D eigenvalue weighted by Gasteiger charge is 2.32. The molecule has 132 valence electrons. The molecule has 0 radical (unpaired) electrons. The molecule has 0 aliphatic heterocycles. The number of aryl methyl sites for hydroxylation is 1. The lowest BCUT2D eigenvalue weighted by Crippen LogP contribution is -2.41. The zero-order chi connectivity index (χ0) is 17.8. The van der Waals surface area contributed by atoms with Gasteiger partial charge in [0.2, 0.25) is 5.91 Å². The van der Waals surface area contributed by atoms with Crippen molar-refractivity contribution in [3.8, 4) is 0 Å². The van der Waals surface area contributed by atoms with Crippen molar-refractivity contribution in [2.45, 2.75) is 37.2 Å². The predicted octanol–water partition coefficient (Wildman–Crippen LogP) is 2.02. The molecule has 25 heavy (non-hydrogen) atoms. The largest absolute Gasteiger partial charge is 0.341 e. The van der Waals surface area contributed by atoms with Crippen molar-refractivity contribution in [1.82, 2.24) is 20.5 Å². The van der Waals surface area contributed by atoms with Gasteiger partial charge in [-0.2, -0.15) is 0 Å². The molecule has 0 bridgehead atoms. The maximum atomic E-state index is 12.6. The summed E-state index contributed by atoms with van der Waals surface area (Å²) >= 11 is 1.69. The summed E-state index contributed by atoms with van der Waals surface area (Å²) in [6, 6.07) is 8.45. The van der Waals surface area contributed by atoms with Crippen molar-refractivity contribution < 1.29 is 14.2 Å². The van der Waals surface area contributed by atoms with Crippen molar-refractivity contribution in [2.75, 3.05) is 12.8 Å². The summed E-state index contributed by atoms with van der Waals surface area (Å²) in [7, 11) is 0. The van der Waals surface area contributed by atoms with Crippen LogP contribution in [-0.4, -0.2) is 45.9 Å². The summed E-state index contributed by atoms with van der Waals surface area (Å²) in [6.07, 6.45) is 4.05. The van der Waals surface area contributed by atoms with E-state index in [1.54, 1.807) is 18.7 Å². The van der Waals surface area contributed by atoms with Crippen molar-refractivity contribution in [2.24, 2.45) is 0 Å². The van der Waals surface area contributed by atoms with Crippen LogP contribution in [0.1, 0.15) is 34.6 Å². The Hall–Kier alpha value is -2.35. The number of nitrogens with zero attached hydrogens (tertiary/aromatic N) is 3. The Morgan fingerprint density at radius 3 is 2.56 bits per heavy atom. The SMILES string of the molecule is CSc1ccc(CN(C(=O)CNC(=O)c2nonc2C)C2CC2)cc1. The van der Waals surface area contributed by atoms with Gasteiger partial charge in [-0.3, -0.25) is 9.59 Å². The van der Waals surface area contributed by atoms with E-state index in [4.69, 9.17) is 0 Å². The molecule has 2 aromatic rings. The average Bonchev–Trinajstić information content (AvgIpc) is 3.38. The number of aromatic nitrogens is 2. The number of nitrogens with one attached hydrogen (secondary N) is 1. The molecular weight excluding hydrogens is 340 g/mol. The quantitative estimate of drug-likeness (QED) is 0.760. The van der Waals surface area contributed by atoms with Gasteiger partial charge in [-0.1, -0.05) is 17.3 Å². The topological polar surface area (TPSA) is 88.3 Å². The molecule has 1 aliphatic rings. The minimum Gasteiger partial charge on any atom is -0.341 e. The van der Waals surface area contributed by atoms with Gasteiger partial charge in [0.1, 0.15) is 5.69 Å². The van der Waals surface area contributed by atoms with E-state index in [-0.39, 0.29) is 24.2 Å². The van der Waals surface area contributed by atoms with Gasteiger partial charge in [-0.05, 0) is 48.9 Å². The molecule has 1 heterocycles. The first kappa shape index (κ1) is 17.5. The van der Waals surface area contributed by atoms with Crippen LogP contribution < -0.4 is 5.32 Å². The summed E-state index contributed by atoms with van der Waals surface area (Å²) in [5.74, 6) is -0.550. The third-order valence-corrected chi connectivity index (χ3v) is 4.83. The summed E-state index contributed by atoms with van der Waals surface area (Å²) in [6.45, 7) is 2.12. The van der Waals surface area contributed by atoms with Gasteiger partial charge in [-0.15, -0.1) is 11.8 Å². The van der Waals surface area contributed by atoms with Gasteiger partial charge < -0.3 is 10.2 Å². The van der Waals surface area contributed by atoms with Gasteiger partial charge in [0, 0.05) is 17.5 Å². The summed E-state index contributed by atoms with van der Waals surface area (Å²) < 4.78 is 4.51. The normalized spacial score (nSPS) is 13.5. The molecule has 1 aromatic heterocycles. The van der Waals surface area contributed by atoms with Crippen molar-refractivity contribution in [3.63, 3.8) is 0 Å². The molecule has 0 saturated heterocycles. The van der Waals surface area contributed by atoms with E-state index >= 15 is 0 Å². The van der Waals surface area contributed by atoms with Gasteiger partial charge in [-0.25, -0.2) is 4.63 Å². The Bertz CT molecular complexity index is 756. The van der Waals surface area contributed by atoms with E-state index in [0.717, 1.165) is 18.4 Å². The van der Waals surface area contributed by atoms with Crippen LogP contribution in [0.25, 0.3) is 0 Å². The Balaban J connectivity index is 1.59. The predicted molar refractivity (Wildman–Crippen MR) is 93.2 cm³/mol. The van der Waals surface area contributed by atoms with Crippen molar-refractivity contribution in [1.29, 1.82) is 0 Å². The first-order valence-corrected chi connectivity index (χ1v) is 9.30.